The molecule has 0 aliphatic rings. The van der Waals surface area contributed by atoms with E-state index in [0.29, 0.717) is 5.56 Å². The summed E-state index contributed by atoms with van der Waals surface area (Å²) >= 11 is 0. The molecule has 0 amide bonds. The summed E-state index contributed by atoms with van der Waals surface area (Å²) in [5, 5.41) is 12.5. The highest BCUT2D eigenvalue weighted by molar-refractivity contribution is 7.89. The number of ketones is 1. The van der Waals surface area contributed by atoms with Gasteiger partial charge in [0.15, 0.2) is 5.78 Å². The molecule has 3 rings (SSSR count). The normalized spacial score (nSPS) is 12.8. The van der Waals surface area contributed by atoms with E-state index in [0.717, 1.165) is 16.3 Å². The minimum absolute atomic E-state index is 0.0369. The lowest BCUT2D eigenvalue weighted by molar-refractivity contribution is 0.101. The standard InChI is InChI=1S/C21H21NO4S/c1-15(23)17-8-4-9-18(14-17)27(25,26)22-13-12-21(24)20-11-5-7-16-6-2-3-10-19(16)20/h2-11,14,21-22,24H,12-13H2,1H3. The zero-order valence-corrected chi connectivity index (χ0v) is 15.7. The summed E-state index contributed by atoms with van der Waals surface area (Å²) in [6.07, 6.45) is -0.554. The van der Waals surface area contributed by atoms with Crippen LogP contribution in [0.4, 0.5) is 0 Å². The molecule has 3 aromatic rings. The first-order chi connectivity index (χ1) is 12.9. The van der Waals surface area contributed by atoms with E-state index >= 15 is 0 Å². The fraction of sp³-hybridized carbons (Fsp3) is 0.190. The van der Waals surface area contributed by atoms with E-state index in [-0.39, 0.29) is 23.6 Å². The van der Waals surface area contributed by atoms with Gasteiger partial charge in [-0.25, -0.2) is 13.1 Å². The SMILES string of the molecule is CC(=O)c1cccc(S(=O)(=O)NCCC(O)c2cccc3ccccc23)c1. The van der Waals surface area contributed by atoms with Crippen molar-refractivity contribution in [3.05, 3.63) is 77.9 Å². The average Bonchev–Trinajstić information content (AvgIpc) is 2.67. The van der Waals surface area contributed by atoms with Gasteiger partial charge in [0.2, 0.25) is 10.0 Å². The van der Waals surface area contributed by atoms with Crippen molar-refractivity contribution in [1.29, 1.82) is 0 Å². The molecule has 0 heterocycles. The molecular formula is C21H21NO4S. The Morgan fingerprint density at radius 1 is 1.04 bits per heavy atom. The molecule has 0 aliphatic heterocycles. The molecule has 3 aromatic carbocycles. The van der Waals surface area contributed by atoms with Crippen LogP contribution in [0.5, 0.6) is 0 Å². The molecule has 0 saturated heterocycles. The lowest BCUT2D eigenvalue weighted by Crippen LogP contribution is -2.26. The third-order valence-corrected chi connectivity index (χ3v) is 5.90. The number of aliphatic hydroxyl groups excluding tert-OH is 1. The second-order valence-electron chi connectivity index (χ2n) is 6.35. The van der Waals surface area contributed by atoms with Gasteiger partial charge in [-0.05, 0) is 41.8 Å². The van der Waals surface area contributed by atoms with Gasteiger partial charge in [0.25, 0.3) is 0 Å². The highest BCUT2D eigenvalue weighted by Gasteiger charge is 2.17. The number of nitrogens with one attached hydrogen (secondary N) is 1. The van der Waals surface area contributed by atoms with E-state index in [1.165, 1.54) is 25.1 Å². The van der Waals surface area contributed by atoms with Crippen molar-refractivity contribution in [2.45, 2.75) is 24.3 Å². The molecule has 27 heavy (non-hydrogen) atoms. The van der Waals surface area contributed by atoms with Gasteiger partial charge in [0.1, 0.15) is 0 Å². The molecule has 0 fully saturated rings. The van der Waals surface area contributed by atoms with Crippen LogP contribution >= 0.6 is 0 Å². The molecule has 0 radical (unpaired) electrons. The third kappa shape index (κ3) is 4.42. The number of benzene rings is 3. The molecule has 140 valence electrons. The Morgan fingerprint density at radius 3 is 2.52 bits per heavy atom. The molecule has 0 aromatic heterocycles. The second-order valence-corrected chi connectivity index (χ2v) is 8.12. The molecule has 1 unspecified atom stereocenters. The molecule has 0 saturated carbocycles. The Labute approximate surface area is 158 Å². The van der Waals surface area contributed by atoms with Crippen molar-refractivity contribution in [3.63, 3.8) is 0 Å². The minimum atomic E-state index is -3.75. The fourth-order valence-electron chi connectivity index (χ4n) is 2.99. The number of Topliss-reactive ketones (excluding diaryl/α,β-unsaturated/α-hetero) is 1. The number of rotatable bonds is 7. The predicted molar refractivity (Wildman–Crippen MR) is 105 cm³/mol. The van der Waals surface area contributed by atoms with Crippen LogP contribution in [0.25, 0.3) is 10.8 Å². The van der Waals surface area contributed by atoms with Crippen LogP contribution in [0.2, 0.25) is 0 Å². The van der Waals surface area contributed by atoms with Crippen LogP contribution in [0.3, 0.4) is 0 Å². The largest absolute Gasteiger partial charge is 0.388 e. The van der Waals surface area contributed by atoms with E-state index < -0.39 is 16.1 Å². The van der Waals surface area contributed by atoms with Crippen LogP contribution in [-0.2, 0) is 10.0 Å². The number of hydrogen-bond acceptors (Lipinski definition) is 4. The summed E-state index contributed by atoms with van der Waals surface area (Å²) in [5.74, 6) is -0.196. The van der Waals surface area contributed by atoms with Crippen LogP contribution in [-0.4, -0.2) is 25.9 Å². The van der Waals surface area contributed by atoms with Gasteiger partial charge in [0.05, 0.1) is 11.0 Å². The summed E-state index contributed by atoms with van der Waals surface area (Å²) in [7, 11) is -3.75. The van der Waals surface area contributed by atoms with E-state index in [2.05, 4.69) is 4.72 Å². The minimum Gasteiger partial charge on any atom is -0.388 e. The number of fused-ring (bicyclic) bond motifs is 1. The van der Waals surface area contributed by atoms with Crippen molar-refractivity contribution in [1.82, 2.24) is 4.72 Å². The fourth-order valence-corrected chi connectivity index (χ4v) is 4.09. The van der Waals surface area contributed by atoms with Gasteiger partial charge >= 0.3 is 0 Å². The lowest BCUT2D eigenvalue weighted by atomic mass is 9.99. The molecule has 2 N–H and O–H groups in total. The van der Waals surface area contributed by atoms with Crippen LogP contribution in [0.15, 0.2) is 71.6 Å². The predicted octanol–water partition coefficient (Wildman–Crippen LogP) is 3.44. The third-order valence-electron chi connectivity index (χ3n) is 4.44. The van der Waals surface area contributed by atoms with Crippen molar-refractivity contribution in [3.8, 4) is 0 Å². The van der Waals surface area contributed by atoms with Crippen LogP contribution in [0, 0.1) is 0 Å². The number of carbonyl (C=O) groups excluding carboxylic acids is 1. The van der Waals surface area contributed by atoms with Gasteiger partial charge in [-0.2, -0.15) is 0 Å². The van der Waals surface area contributed by atoms with Gasteiger partial charge in [-0.1, -0.05) is 54.6 Å². The molecule has 6 heteroatoms. The Bertz CT molecular complexity index is 1070. The van der Waals surface area contributed by atoms with Gasteiger partial charge < -0.3 is 5.11 Å². The van der Waals surface area contributed by atoms with E-state index in [4.69, 9.17) is 0 Å². The van der Waals surface area contributed by atoms with E-state index in [9.17, 15) is 18.3 Å². The summed E-state index contributed by atoms with van der Waals surface area (Å²) in [6, 6.07) is 19.3. The van der Waals surface area contributed by atoms with Crippen LogP contribution in [0.1, 0.15) is 35.4 Å². The quantitative estimate of drug-likeness (QED) is 0.612. The smallest absolute Gasteiger partial charge is 0.240 e. The summed E-state index contributed by atoms with van der Waals surface area (Å²) in [4.78, 5) is 11.5. The topological polar surface area (TPSA) is 83.5 Å². The van der Waals surface area contributed by atoms with Crippen molar-refractivity contribution < 1.29 is 18.3 Å². The highest BCUT2D eigenvalue weighted by atomic mass is 32.2. The number of sulfonamides is 1. The Morgan fingerprint density at radius 2 is 1.74 bits per heavy atom. The number of aliphatic hydroxyl groups is 1. The van der Waals surface area contributed by atoms with Crippen molar-refractivity contribution in [2.75, 3.05) is 6.54 Å². The molecule has 0 spiro atoms. The number of hydrogen-bond donors (Lipinski definition) is 2. The lowest BCUT2D eigenvalue weighted by Gasteiger charge is -2.14. The first-order valence-corrected chi connectivity index (χ1v) is 10.1. The highest BCUT2D eigenvalue weighted by Crippen LogP contribution is 2.26. The summed E-state index contributed by atoms with van der Waals surface area (Å²) in [6.45, 7) is 1.47. The molecular weight excluding hydrogens is 362 g/mol. The maximum Gasteiger partial charge on any atom is 0.240 e. The van der Waals surface area contributed by atoms with E-state index in [1.807, 2.05) is 42.5 Å². The van der Waals surface area contributed by atoms with Crippen molar-refractivity contribution >= 4 is 26.6 Å². The maximum atomic E-state index is 12.4. The van der Waals surface area contributed by atoms with Gasteiger partial charge in [0, 0.05) is 12.1 Å². The Balaban J connectivity index is 1.70. The maximum absolute atomic E-state index is 12.4. The molecule has 1 atom stereocenters. The van der Waals surface area contributed by atoms with Crippen molar-refractivity contribution in [2.24, 2.45) is 0 Å². The second kappa shape index (κ2) is 8.00. The monoisotopic (exact) mass is 383 g/mol. The number of carbonyl (C=O) groups is 1. The van der Waals surface area contributed by atoms with Gasteiger partial charge in [-0.3, -0.25) is 4.79 Å². The summed E-state index contributed by atoms with van der Waals surface area (Å²) < 4.78 is 27.4. The Kier molecular flexibility index (Phi) is 5.70. The zero-order valence-electron chi connectivity index (χ0n) is 14.9. The van der Waals surface area contributed by atoms with Gasteiger partial charge in [-0.15, -0.1) is 0 Å². The van der Waals surface area contributed by atoms with E-state index in [1.54, 1.807) is 6.07 Å². The zero-order chi connectivity index (χ0) is 19.4. The first kappa shape index (κ1) is 19.2. The summed E-state index contributed by atoms with van der Waals surface area (Å²) in [5.41, 5.74) is 1.11. The molecule has 5 nitrogen and oxygen atoms in total. The van der Waals surface area contributed by atoms with Crippen LogP contribution < -0.4 is 4.72 Å². The first-order valence-electron chi connectivity index (χ1n) is 8.65. The Hall–Kier alpha value is -2.54. The average molecular weight is 383 g/mol. The molecule has 0 bridgehead atoms. The molecule has 0 aliphatic carbocycles.